The molecule has 3 N–H and O–H groups in total. The molecule has 1 atom stereocenters. The van der Waals surface area contributed by atoms with Crippen molar-refractivity contribution in [1.82, 2.24) is 15.5 Å². The molecule has 20 heavy (non-hydrogen) atoms. The molecule has 1 aliphatic rings. The van der Waals surface area contributed by atoms with Gasteiger partial charge in [-0.05, 0) is 12.8 Å². The third-order valence-electron chi connectivity index (χ3n) is 3.28. The quantitative estimate of drug-likeness (QED) is 0.868. The second-order valence-corrected chi connectivity index (χ2v) is 5.45. The van der Waals surface area contributed by atoms with Crippen molar-refractivity contribution < 1.29 is 4.79 Å². The van der Waals surface area contributed by atoms with E-state index in [9.17, 15) is 4.79 Å². The summed E-state index contributed by atoms with van der Waals surface area (Å²) >= 11 is 11.9. The number of piperidine rings is 1. The monoisotopic (exact) mass is 317 g/mol. The number of nitrogens with zero attached hydrogens (tertiary/aromatic N) is 3. The second-order valence-electron chi connectivity index (χ2n) is 4.71. The van der Waals surface area contributed by atoms with Crippen molar-refractivity contribution in [2.24, 2.45) is 11.7 Å². The maximum absolute atomic E-state index is 12.0. The highest BCUT2D eigenvalue weighted by molar-refractivity contribution is 6.33. The summed E-state index contributed by atoms with van der Waals surface area (Å²) in [6.07, 6.45) is 1.77. The van der Waals surface area contributed by atoms with Gasteiger partial charge in [0, 0.05) is 32.2 Å². The number of rotatable bonds is 4. The number of hydrogen-bond donors (Lipinski definition) is 2. The molecule has 6 nitrogen and oxygen atoms in total. The van der Waals surface area contributed by atoms with E-state index in [1.807, 2.05) is 4.90 Å². The number of nitrogens with one attached hydrogen (secondary N) is 1. The largest absolute Gasteiger partial charge is 0.368 e. The minimum atomic E-state index is -0.0710. The highest BCUT2D eigenvalue weighted by atomic mass is 35.5. The van der Waals surface area contributed by atoms with Crippen LogP contribution in [0.15, 0.2) is 6.07 Å². The second kappa shape index (κ2) is 7.06. The Morgan fingerprint density at radius 2 is 2.30 bits per heavy atom. The van der Waals surface area contributed by atoms with Crippen molar-refractivity contribution in [3.05, 3.63) is 16.4 Å². The summed E-state index contributed by atoms with van der Waals surface area (Å²) < 4.78 is 0. The van der Waals surface area contributed by atoms with Crippen LogP contribution in [0.2, 0.25) is 10.3 Å². The van der Waals surface area contributed by atoms with Crippen molar-refractivity contribution in [3.8, 4) is 0 Å². The van der Waals surface area contributed by atoms with Crippen LogP contribution >= 0.6 is 23.2 Å². The van der Waals surface area contributed by atoms with E-state index in [2.05, 4.69) is 15.5 Å². The van der Waals surface area contributed by atoms with Crippen molar-refractivity contribution >= 4 is 34.8 Å². The van der Waals surface area contributed by atoms with Crippen LogP contribution in [-0.2, 0) is 4.79 Å². The van der Waals surface area contributed by atoms with Gasteiger partial charge in [0.25, 0.3) is 0 Å². The van der Waals surface area contributed by atoms with Crippen LogP contribution in [-0.4, -0.2) is 42.3 Å². The average Bonchev–Trinajstić information content (AvgIpc) is 2.47. The fourth-order valence-corrected chi connectivity index (χ4v) is 2.67. The summed E-state index contributed by atoms with van der Waals surface area (Å²) in [6.45, 7) is 2.36. The Kier molecular flexibility index (Phi) is 5.39. The van der Waals surface area contributed by atoms with E-state index < -0.39 is 0 Å². The summed E-state index contributed by atoms with van der Waals surface area (Å²) in [7, 11) is 0. The zero-order valence-corrected chi connectivity index (χ0v) is 12.5. The van der Waals surface area contributed by atoms with Gasteiger partial charge in [0.2, 0.25) is 5.91 Å². The van der Waals surface area contributed by atoms with E-state index in [-0.39, 0.29) is 11.8 Å². The predicted octanol–water partition coefficient (Wildman–Crippen LogP) is 1.07. The van der Waals surface area contributed by atoms with Crippen LogP contribution in [0.4, 0.5) is 5.69 Å². The van der Waals surface area contributed by atoms with Crippen LogP contribution < -0.4 is 16.0 Å². The van der Waals surface area contributed by atoms with Gasteiger partial charge in [-0.25, -0.2) is 0 Å². The van der Waals surface area contributed by atoms with Crippen LogP contribution in [0.1, 0.15) is 12.8 Å². The zero-order valence-electron chi connectivity index (χ0n) is 11.0. The van der Waals surface area contributed by atoms with Gasteiger partial charge >= 0.3 is 0 Å². The third kappa shape index (κ3) is 3.71. The first-order valence-corrected chi connectivity index (χ1v) is 7.29. The van der Waals surface area contributed by atoms with E-state index in [0.29, 0.717) is 29.9 Å². The Morgan fingerprint density at radius 1 is 1.50 bits per heavy atom. The number of nitrogens with two attached hydrogens (primary N) is 1. The maximum Gasteiger partial charge on any atom is 0.224 e. The maximum atomic E-state index is 12.0. The van der Waals surface area contributed by atoms with Crippen molar-refractivity contribution in [3.63, 3.8) is 0 Å². The van der Waals surface area contributed by atoms with Crippen LogP contribution in [0.5, 0.6) is 0 Å². The normalized spacial score (nSPS) is 18.9. The molecule has 0 spiro atoms. The first-order valence-electron chi connectivity index (χ1n) is 6.53. The summed E-state index contributed by atoms with van der Waals surface area (Å²) in [5.74, 6) is -0.0392. The number of amides is 1. The van der Waals surface area contributed by atoms with Gasteiger partial charge in [-0.2, -0.15) is 0 Å². The number of carbonyl (C=O) groups is 1. The molecule has 1 fully saturated rings. The molecule has 1 unspecified atom stereocenters. The molecule has 0 bridgehead atoms. The van der Waals surface area contributed by atoms with Crippen molar-refractivity contribution in [2.45, 2.75) is 12.8 Å². The zero-order chi connectivity index (χ0) is 14.5. The molecule has 110 valence electrons. The van der Waals surface area contributed by atoms with Crippen LogP contribution in [0.25, 0.3) is 0 Å². The molecule has 2 heterocycles. The van der Waals surface area contributed by atoms with Crippen molar-refractivity contribution in [1.29, 1.82) is 0 Å². The Balaban J connectivity index is 2.06. The number of carbonyl (C=O) groups excluding carboxylic acids is 1. The molecule has 0 aromatic carbocycles. The summed E-state index contributed by atoms with van der Waals surface area (Å²) in [6, 6.07) is 1.68. The van der Waals surface area contributed by atoms with Crippen LogP contribution in [0.3, 0.4) is 0 Å². The molecular formula is C12H17Cl2N5O. The smallest absolute Gasteiger partial charge is 0.224 e. The lowest BCUT2D eigenvalue weighted by atomic mass is 9.97. The van der Waals surface area contributed by atoms with Crippen molar-refractivity contribution in [2.75, 3.05) is 31.1 Å². The van der Waals surface area contributed by atoms with Gasteiger partial charge in [-0.15, -0.1) is 10.2 Å². The summed E-state index contributed by atoms with van der Waals surface area (Å²) in [4.78, 5) is 14.0. The molecule has 8 heteroatoms. The van der Waals surface area contributed by atoms with E-state index in [0.717, 1.165) is 25.1 Å². The lowest BCUT2D eigenvalue weighted by Gasteiger charge is -2.33. The highest BCUT2D eigenvalue weighted by Crippen LogP contribution is 2.29. The Labute approximate surface area is 127 Å². The SMILES string of the molecule is NCCNC(=O)C1CCCN(c2cc(Cl)nnc2Cl)C1. The Hall–Kier alpha value is -1.11. The lowest BCUT2D eigenvalue weighted by molar-refractivity contribution is -0.125. The minimum absolute atomic E-state index is 0.0318. The fraction of sp³-hybridized carbons (Fsp3) is 0.583. The first-order chi connectivity index (χ1) is 9.61. The molecule has 1 aromatic rings. The standard InChI is InChI=1S/C12H17Cl2N5O/c13-10-6-9(11(14)18-17-10)19-5-1-2-8(7-19)12(20)16-4-3-15/h6,8H,1-5,7,15H2,(H,16,20). The number of hydrogen-bond acceptors (Lipinski definition) is 5. The van der Waals surface area contributed by atoms with Gasteiger partial charge in [-0.1, -0.05) is 23.2 Å². The van der Waals surface area contributed by atoms with Gasteiger partial charge < -0.3 is 16.0 Å². The van der Waals surface area contributed by atoms with E-state index in [4.69, 9.17) is 28.9 Å². The van der Waals surface area contributed by atoms with Crippen LogP contribution in [0, 0.1) is 5.92 Å². The van der Waals surface area contributed by atoms with E-state index in [1.54, 1.807) is 6.07 Å². The molecule has 0 saturated carbocycles. The Bertz CT molecular complexity index is 485. The third-order valence-corrected chi connectivity index (χ3v) is 3.73. The molecule has 1 amide bonds. The molecule has 0 aliphatic carbocycles. The molecule has 0 radical (unpaired) electrons. The molecule has 1 saturated heterocycles. The van der Waals surface area contributed by atoms with E-state index in [1.165, 1.54) is 0 Å². The van der Waals surface area contributed by atoms with E-state index >= 15 is 0 Å². The van der Waals surface area contributed by atoms with Gasteiger partial charge in [0.15, 0.2) is 10.3 Å². The Morgan fingerprint density at radius 3 is 3.05 bits per heavy atom. The van der Waals surface area contributed by atoms with Gasteiger partial charge in [0.05, 0.1) is 11.6 Å². The fourth-order valence-electron chi connectivity index (χ4n) is 2.32. The average molecular weight is 318 g/mol. The minimum Gasteiger partial charge on any atom is -0.368 e. The molecule has 2 rings (SSSR count). The predicted molar refractivity (Wildman–Crippen MR) is 79.1 cm³/mol. The summed E-state index contributed by atoms with van der Waals surface area (Å²) in [5, 5.41) is 10.9. The topological polar surface area (TPSA) is 84.1 Å². The molecular weight excluding hydrogens is 301 g/mol. The molecule has 1 aromatic heterocycles. The number of aromatic nitrogens is 2. The summed E-state index contributed by atoms with van der Waals surface area (Å²) in [5.41, 5.74) is 6.11. The number of halogens is 2. The first kappa shape index (κ1) is 15.3. The lowest BCUT2D eigenvalue weighted by Crippen LogP contribution is -2.44. The highest BCUT2D eigenvalue weighted by Gasteiger charge is 2.27. The molecule has 1 aliphatic heterocycles. The van der Waals surface area contributed by atoms with Gasteiger partial charge in [0.1, 0.15) is 0 Å². The number of anilines is 1. The van der Waals surface area contributed by atoms with Gasteiger partial charge in [-0.3, -0.25) is 4.79 Å².